The molecule has 0 aromatic heterocycles. The smallest absolute Gasteiger partial charge is 0.394 e. The van der Waals surface area contributed by atoms with Crippen molar-refractivity contribution >= 4 is 27.1 Å². The highest BCUT2D eigenvalue weighted by atomic mass is 32.3. The Balaban J connectivity index is 0.000000202. The Kier molecular flexibility index (Phi) is 7.74. The summed E-state index contributed by atoms with van der Waals surface area (Å²) >= 11 is 0. The summed E-state index contributed by atoms with van der Waals surface area (Å²) in [5.74, 6) is -0.879. The van der Waals surface area contributed by atoms with Crippen molar-refractivity contribution in [3.63, 3.8) is 0 Å². The van der Waals surface area contributed by atoms with Crippen LogP contribution in [-0.4, -0.2) is 28.6 Å². The molecule has 0 unspecified atom stereocenters. The molecule has 0 heterocycles. The van der Waals surface area contributed by atoms with Crippen LogP contribution in [-0.2, 0) is 10.4 Å². The summed E-state index contributed by atoms with van der Waals surface area (Å²) in [7, 11) is -4.67. The van der Waals surface area contributed by atoms with Gasteiger partial charge in [0.15, 0.2) is 0 Å². The summed E-state index contributed by atoms with van der Waals surface area (Å²) < 4.78 is 31.6. The number of aromatic carboxylic acids is 1. The molecule has 0 bridgehead atoms. The molecule has 0 fully saturated rings. The Bertz CT molecular complexity index is 907. The highest BCUT2D eigenvalue weighted by molar-refractivity contribution is 7.79. The molecule has 0 amide bonds. The van der Waals surface area contributed by atoms with Crippen LogP contribution in [0, 0.1) is 6.92 Å². The molecule has 3 aromatic carbocycles. The van der Waals surface area contributed by atoms with Gasteiger partial charge in [0.1, 0.15) is 0 Å². The SMILES string of the molecule is Cc1cccc2ccccc12.O=C(O)c1ccccc1.O=S(=O)(O)O. The first-order chi connectivity index (χ1) is 11.7. The number of carbonyl (C=O) groups is 1. The number of rotatable bonds is 1. The Morgan fingerprint density at radius 2 is 1.28 bits per heavy atom. The zero-order valence-corrected chi connectivity index (χ0v) is 14.2. The second-order valence-corrected chi connectivity index (χ2v) is 5.81. The van der Waals surface area contributed by atoms with Gasteiger partial charge in [-0.1, -0.05) is 60.7 Å². The molecule has 0 aliphatic rings. The number of aryl methyl sites for hydroxylation is 1. The van der Waals surface area contributed by atoms with Crippen LogP contribution in [0.25, 0.3) is 10.8 Å². The van der Waals surface area contributed by atoms with Gasteiger partial charge in [0.2, 0.25) is 0 Å². The average Bonchev–Trinajstić information content (AvgIpc) is 2.55. The first-order valence-electron chi connectivity index (χ1n) is 7.11. The maximum atomic E-state index is 10.2. The molecule has 132 valence electrons. The Hall–Kier alpha value is -2.74. The Morgan fingerprint density at radius 1 is 0.800 bits per heavy atom. The largest absolute Gasteiger partial charge is 0.478 e. The van der Waals surface area contributed by atoms with E-state index in [4.69, 9.17) is 22.6 Å². The van der Waals surface area contributed by atoms with Crippen molar-refractivity contribution in [2.24, 2.45) is 0 Å². The standard InChI is InChI=1S/C11H10.C7H6O2.H2O4S/c1-9-5-4-7-10-6-2-3-8-11(9)10;8-7(9)6-4-2-1-3-5-6;1-5(2,3)4/h2-8H,1H3;1-5H,(H,8,9);(H2,1,2,3,4). The van der Waals surface area contributed by atoms with Crippen molar-refractivity contribution in [1.82, 2.24) is 0 Å². The molecule has 3 N–H and O–H groups in total. The normalized spacial score (nSPS) is 10.0. The minimum atomic E-state index is -4.67. The number of benzene rings is 3. The molecular weight excluding hydrogens is 344 g/mol. The second kappa shape index (κ2) is 9.53. The lowest BCUT2D eigenvalue weighted by Gasteiger charge is -1.98. The third-order valence-electron chi connectivity index (χ3n) is 3.03. The molecule has 25 heavy (non-hydrogen) atoms. The van der Waals surface area contributed by atoms with E-state index in [9.17, 15) is 4.79 Å². The first kappa shape index (κ1) is 20.3. The van der Waals surface area contributed by atoms with Crippen molar-refractivity contribution in [2.45, 2.75) is 6.92 Å². The van der Waals surface area contributed by atoms with Crippen molar-refractivity contribution in [3.05, 3.63) is 83.9 Å². The van der Waals surface area contributed by atoms with E-state index < -0.39 is 16.4 Å². The van der Waals surface area contributed by atoms with E-state index in [0.717, 1.165) is 0 Å². The minimum Gasteiger partial charge on any atom is -0.478 e. The predicted octanol–water partition coefficient (Wildman–Crippen LogP) is 3.88. The molecule has 0 radical (unpaired) electrons. The lowest BCUT2D eigenvalue weighted by atomic mass is 10.1. The quantitative estimate of drug-likeness (QED) is 0.566. The highest BCUT2D eigenvalue weighted by Gasteiger charge is 1.96. The number of carboxylic acid groups (broad SMARTS) is 1. The summed E-state index contributed by atoms with van der Waals surface area (Å²) in [5.41, 5.74) is 1.68. The summed E-state index contributed by atoms with van der Waals surface area (Å²) in [6.07, 6.45) is 0. The molecule has 0 aliphatic carbocycles. The monoisotopic (exact) mass is 362 g/mol. The van der Waals surface area contributed by atoms with Crippen LogP contribution >= 0.6 is 0 Å². The van der Waals surface area contributed by atoms with Crippen molar-refractivity contribution in [2.75, 3.05) is 0 Å². The third-order valence-corrected chi connectivity index (χ3v) is 3.03. The van der Waals surface area contributed by atoms with Gasteiger partial charge in [0.05, 0.1) is 5.56 Å². The maximum Gasteiger partial charge on any atom is 0.394 e. The van der Waals surface area contributed by atoms with Gasteiger partial charge in [-0.2, -0.15) is 8.42 Å². The average molecular weight is 362 g/mol. The molecule has 0 atom stereocenters. The zero-order valence-electron chi connectivity index (χ0n) is 13.4. The molecule has 0 aliphatic heterocycles. The maximum absolute atomic E-state index is 10.2. The molecule has 0 spiro atoms. The van der Waals surface area contributed by atoms with Crippen LogP contribution in [0.2, 0.25) is 0 Å². The summed E-state index contributed by atoms with van der Waals surface area (Å²) in [6.45, 7) is 2.14. The molecular formula is C18H18O6S. The van der Waals surface area contributed by atoms with E-state index in [1.54, 1.807) is 30.3 Å². The van der Waals surface area contributed by atoms with E-state index in [1.165, 1.54) is 16.3 Å². The van der Waals surface area contributed by atoms with E-state index >= 15 is 0 Å². The molecule has 7 heteroatoms. The first-order valence-corrected chi connectivity index (χ1v) is 8.51. The van der Waals surface area contributed by atoms with Gasteiger partial charge in [-0.3, -0.25) is 9.11 Å². The van der Waals surface area contributed by atoms with Gasteiger partial charge >= 0.3 is 16.4 Å². The Morgan fingerprint density at radius 3 is 1.76 bits per heavy atom. The van der Waals surface area contributed by atoms with E-state index in [1.807, 2.05) is 0 Å². The summed E-state index contributed by atoms with van der Waals surface area (Å²) in [5, 5.41) is 11.1. The zero-order chi connectivity index (χ0) is 18.9. The van der Waals surface area contributed by atoms with Crippen LogP contribution in [0.15, 0.2) is 72.8 Å². The third kappa shape index (κ3) is 8.61. The van der Waals surface area contributed by atoms with Crippen molar-refractivity contribution in [1.29, 1.82) is 0 Å². The second-order valence-electron chi connectivity index (χ2n) is 4.92. The van der Waals surface area contributed by atoms with Gasteiger partial charge in [0, 0.05) is 0 Å². The number of fused-ring (bicyclic) bond motifs is 1. The van der Waals surface area contributed by atoms with E-state index in [2.05, 4.69) is 49.4 Å². The van der Waals surface area contributed by atoms with Crippen LogP contribution < -0.4 is 0 Å². The number of carboxylic acids is 1. The lowest BCUT2D eigenvalue weighted by molar-refractivity contribution is 0.0697. The molecule has 3 aromatic rings. The lowest BCUT2D eigenvalue weighted by Crippen LogP contribution is -1.93. The van der Waals surface area contributed by atoms with E-state index in [0.29, 0.717) is 5.56 Å². The minimum absolute atomic E-state index is 0.331. The van der Waals surface area contributed by atoms with Gasteiger partial charge in [-0.25, -0.2) is 4.79 Å². The van der Waals surface area contributed by atoms with E-state index in [-0.39, 0.29) is 0 Å². The number of hydrogen-bond acceptors (Lipinski definition) is 3. The fourth-order valence-corrected chi connectivity index (χ4v) is 1.97. The molecule has 3 rings (SSSR count). The van der Waals surface area contributed by atoms with Crippen LogP contribution in [0.4, 0.5) is 0 Å². The van der Waals surface area contributed by atoms with Crippen LogP contribution in [0.5, 0.6) is 0 Å². The van der Waals surface area contributed by atoms with Gasteiger partial charge < -0.3 is 5.11 Å². The van der Waals surface area contributed by atoms with Gasteiger partial charge in [0.25, 0.3) is 0 Å². The van der Waals surface area contributed by atoms with Crippen molar-refractivity contribution < 1.29 is 27.4 Å². The Labute approximate surface area is 145 Å². The van der Waals surface area contributed by atoms with Gasteiger partial charge in [-0.15, -0.1) is 0 Å². The summed E-state index contributed by atoms with van der Waals surface area (Å²) in [4.78, 5) is 10.2. The molecule has 6 nitrogen and oxygen atoms in total. The van der Waals surface area contributed by atoms with Crippen LogP contribution in [0.1, 0.15) is 15.9 Å². The fourth-order valence-electron chi connectivity index (χ4n) is 1.97. The summed E-state index contributed by atoms with van der Waals surface area (Å²) in [6, 6.07) is 23.1. The van der Waals surface area contributed by atoms with Gasteiger partial charge in [-0.05, 0) is 35.4 Å². The highest BCUT2D eigenvalue weighted by Crippen LogP contribution is 2.16. The number of hydrogen-bond donors (Lipinski definition) is 3. The van der Waals surface area contributed by atoms with Crippen LogP contribution in [0.3, 0.4) is 0 Å². The molecule has 0 saturated carbocycles. The predicted molar refractivity (Wildman–Crippen MR) is 96.3 cm³/mol. The molecule has 0 saturated heterocycles. The van der Waals surface area contributed by atoms with Crippen molar-refractivity contribution in [3.8, 4) is 0 Å². The fraction of sp³-hybridized carbons (Fsp3) is 0.0556. The topological polar surface area (TPSA) is 112 Å².